The maximum absolute atomic E-state index is 11.6. The molecular weight excluding hydrogens is 572 g/mol. The van der Waals surface area contributed by atoms with Crippen LogP contribution < -0.4 is 14.2 Å². The van der Waals surface area contributed by atoms with Crippen LogP contribution in [0.4, 0.5) is 0 Å². The van der Waals surface area contributed by atoms with E-state index in [1.54, 1.807) is 19.2 Å². The van der Waals surface area contributed by atoms with Crippen molar-refractivity contribution in [2.45, 2.75) is 30.9 Å². The molecule has 3 aromatic carbocycles. The highest BCUT2D eigenvalue weighted by atomic mass is 79.9. The van der Waals surface area contributed by atoms with E-state index in [1.807, 2.05) is 73.0 Å². The van der Waals surface area contributed by atoms with Gasteiger partial charge in [0.25, 0.3) is 0 Å². The van der Waals surface area contributed by atoms with Gasteiger partial charge in [0.2, 0.25) is 6.54 Å². The molecule has 9 nitrogen and oxygen atoms in total. The van der Waals surface area contributed by atoms with Crippen LogP contribution in [0.2, 0.25) is 0 Å². The highest BCUT2D eigenvalue weighted by molar-refractivity contribution is 9.10. The number of halogens is 1. The minimum Gasteiger partial charge on any atom is -0.494 e. The summed E-state index contributed by atoms with van der Waals surface area (Å²) < 4.78 is 20.0. The highest BCUT2D eigenvalue weighted by Crippen LogP contribution is 2.39. The molecular formula is C27H27BrN4O5S. The molecule has 0 fully saturated rings. The van der Waals surface area contributed by atoms with Gasteiger partial charge in [0.05, 0.1) is 13.7 Å². The van der Waals surface area contributed by atoms with Crippen LogP contribution in [0, 0.1) is 17.0 Å². The summed E-state index contributed by atoms with van der Waals surface area (Å²) in [6, 6.07) is 20.8. The smallest absolute Gasteiger partial charge is 0.220 e. The molecule has 0 aliphatic rings. The molecule has 1 aromatic heterocycles. The molecule has 0 bridgehead atoms. The molecule has 0 saturated carbocycles. The van der Waals surface area contributed by atoms with Crippen molar-refractivity contribution in [2.24, 2.45) is 0 Å². The van der Waals surface area contributed by atoms with Gasteiger partial charge in [-0.15, -0.1) is 10.2 Å². The number of nitro groups is 1. The fourth-order valence-electron chi connectivity index (χ4n) is 3.79. The number of benzene rings is 3. The molecule has 4 rings (SSSR count). The fourth-order valence-corrected chi connectivity index (χ4v) is 5.22. The minimum atomic E-state index is -0.538. The van der Waals surface area contributed by atoms with E-state index < -0.39 is 5.25 Å². The van der Waals surface area contributed by atoms with Crippen LogP contribution in [-0.2, 0) is 6.61 Å². The van der Waals surface area contributed by atoms with Crippen LogP contribution in [0.1, 0.15) is 29.1 Å². The summed E-state index contributed by atoms with van der Waals surface area (Å²) in [6.45, 7) is 4.41. The third-order valence-corrected chi connectivity index (χ3v) is 7.34. The van der Waals surface area contributed by atoms with Crippen LogP contribution in [0.5, 0.6) is 17.2 Å². The van der Waals surface area contributed by atoms with Gasteiger partial charge in [0.1, 0.15) is 23.4 Å². The lowest BCUT2D eigenvalue weighted by Gasteiger charge is -2.17. The summed E-state index contributed by atoms with van der Waals surface area (Å²) in [5.74, 6) is 2.48. The first-order valence-corrected chi connectivity index (χ1v) is 13.5. The largest absolute Gasteiger partial charge is 0.494 e. The molecule has 0 N–H and O–H groups in total. The zero-order chi connectivity index (χ0) is 27.1. The van der Waals surface area contributed by atoms with E-state index in [-0.39, 0.29) is 11.5 Å². The second-order valence-corrected chi connectivity index (χ2v) is 10.3. The average molecular weight is 600 g/mol. The predicted octanol–water partition coefficient (Wildman–Crippen LogP) is 6.43. The van der Waals surface area contributed by atoms with Gasteiger partial charge in [-0.3, -0.25) is 14.7 Å². The first-order valence-electron chi connectivity index (χ1n) is 11.9. The summed E-state index contributed by atoms with van der Waals surface area (Å²) in [5.41, 5.74) is 2.57. The molecule has 11 heteroatoms. The van der Waals surface area contributed by atoms with Gasteiger partial charge < -0.3 is 14.2 Å². The van der Waals surface area contributed by atoms with Crippen molar-refractivity contribution in [3.8, 4) is 22.9 Å². The maximum Gasteiger partial charge on any atom is 0.220 e. The predicted molar refractivity (Wildman–Crippen MR) is 149 cm³/mol. The zero-order valence-corrected chi connectivity index (χ0v) is 23.6. The van der Waals surface area contributed by atoms with E-state index in [9.17, 15) is 10.1 Å². The third kappa shape index (κ3) is 6.84. The molecule has 0 unspecified atom stereocenters. The van der Waals surface area contributed by atoms with E-state index in [4.69, 9.17) is 14.2 Å². The lowest BCUT2D eigenvalue weighted by Crippen LogP contribution is -2.11. The quantitative estimate of drug-likeness (QED) is 0.104. The Morgan fingerprint density at radius 2 is 1.76 bits per heavy atom. The maximum atomic E-state index is 11.6. The highest BCUT2D eigenvalue weighted by Gasteiger charge is 2.25. The van der Waals surface area contributed by atoms with Crippen LogP contribution in [0.15, 0.2) is 76.4 Å². The number of hydrogen-bond donors (Lipinski definition) is 0. The average Bonchev–Trinajstić information content (AvgIpc) is 3.28. The van der Waals surface area contributed by atoms with Crippen molar-refractivity contribution in [2.75, 3.05) is 20.3 Å². The number of methoxy groups -OCH3 is 1. The lowest BCUT2D eigenvalue weighted by molar-refractivity contribution is -0.479. The number of aromatic nitrogens is 3. The first-order chi connectivity index (χ1) is 18.4. The Labute approximate surface area is 233 Å². The third-order valence-electron chi connectivity index (χ3n) is 5.63. The van der Waals surface area contributed by atoms with E-state index in [1.165, 1.54) is 11.8 Å². The van der Waals surface area contributed by atoms with E-state index in [0.717, 1.165) is 27.0 Å². The Balaban J connectivity index is 1.58. The topological polar surface area (TPSA) is 102 Å². The van der Waals surface area contributed by atoms with Crippen LogP contribution >= 0.6 is 27.7 Å². The molecule has 198 valence electrons. The monoisotopic (exact) mass is 598 g/mol. The Hall–Kier alpha value is -3.57. The van der Waals surface area contributed by atoms with Crippen molar-refractivity contribution in [1.82, 2.24) is 14.8 Å². The van der Waals surface area contributed by atoms with E-state index >= 15 is 0 Å². The number of ether oxygens (including phenoxy) is 3. The van der Waals surface area contributed by atoms with E-state index in [0.29, 0.717) is 35.7 Å². The van der Waals surface area contributed by atoms with Gasteiger partial charge in [-0.1, -0.05) is 45.9 Å². The molecule has 0 amide bonds. The first kappa shape index (κ1) is 27.5. The Morgan fingerprint density at radius 3 is 2.42 bits per heavy atom. The van der Waals surface area contributed by atoms with E-state index in [2.05, 4.69) is 26.1 Å². The molecule has 0 radical (unpaired) electrons. The number of hydrogen-bond acceptors (Lipinski definition) is 8. The van der Waals surface area contributed by atoms with Crippen molar-refractivity contribution in [3.63, 3.8) is 0 Å². The normalized spacial score (nSPS) is 11.7. The second kappa shape index (κ2) is 12.8. The summed E-state index contributed by atoms with van der Waals surface area (Å²) >= 11 is 4.71. The van der Waals surface area contributed by atoms with Gasteiger partial charge in [0.15, 0.2) is 16.7 Å². The SMILES string of the molecule is CCOc1ccc(-n2c(C)nnc2S[C@@H](C[N+](=O)[O-])c2ccc(OCc3ccc(Br)cc3)c(OC)c2)cc1. The minimum absolute atomic E-state index is 0.303. The number of nitrogens with zero attached hydrogens (tertiary/aromatic N) is 4. The van der Waals surface area contributed by atoms with Gasteiger partial charge in [0, 0.05) is 15.1 Å². The fraction of sp³-hybridized carbons (Fsp3) is 0.259. The molecule has 0 spiro atoms. The molecule has 1 atom stereocenters. The Bertz CT molecular complexity index is 1380. The summed E-state index contributed by atoms with van der Waals surface area (Å²) in [7, 11) is 1.55. The van der Waals surface area contributed by atoms with Crippen LogP contribution in [-0.4, -0.2) is 39.9 Å². The summed E-state index contributed by atoms with van der Waals surface area (Å²) in [6.07, 6.45) is 0. The lowest BCUT2D eigenvalue weighted by atomic mass is 10.1. The molecule has 1 heterocycles. The number of rotatable bonds is 12. The van der Waals surface area contributed by atoms with Crippen molar-refractivity contribution < 1.29 is 19.1 Å². The molecule has 38 heavy (non-hydrogen) atoms. The van der Waals surface area contributed by atoms with Gasteiger partial charge in [-0.25, -0.2) is 0 Å². The van der Waals surface area contributed by atoms with Gasteiger partial charge >= 0.3 is 0 Å². The molecule has 0 aliphatic carbocycles. The standard InChI is InChI=1S/C27H27BrN4O5S/c1-4-36-23-12-10-22(11-13-23)32-18(2)29-30-27(32)38-26(16-31(33)34)20-7-14-24(25(15-20)35-3)37-17-19-5-8-21(28)9-6-19/h5-15,26H,4,16-17H2,1-3H3/t26-/m0/s1. The second-order valence-electron chi connectivity index (χ2n) is 8.24. The van der Waals surface area contributed by atoms with Crippen molar-refractivity contribution >= 4 is 27.7 Å². The van der Waals surface area contributed by atoms with Crippen molar-refractivity contribution in [1.29, 1.82) is 0 Å². The van der Waals surface area contributed by atoms with Crippen LogP contribution in [0.25, 0.3) is 5.69 Å². The molecule has 0 aliphatic heterocycles. The Kier molecular flexibility index (Phi) is 9.24. The Morgan fingerprint density at radius 1 is 1.03 bits per heavy atom. The molecule has 4 aromatic rings. The summed E-state index contributed by atoms with van der Waals surface area (Å²) in [5, 5.41) is 20.2. The zero-order valence-electron chi connectivity index (χ0n) is 21.2. The number of thioether (sulfide) groups is 1. The number of aryl methyl sites for hydroxylation is 1. The molecule has 0 saturated heterocycles. The van der Waals surface area contributed by atoms with Crippen molar-refractivity contribution in [3.05, 3.63) is 98.3 Å². The van der Waals surface area contributed by atoms with Crippen LogP contribution in [0.3, 0.4) is 0 Å². The summed E-state index contributed by atoms with van der Waals surface area (Å²) in [4.78, 5) is 11.3. The van der Waals surface area contributed by atoms with Gasteiger partial charge in [-0.05, 0) is 73.5 Å². The van der Waals surface area contributed by atoms with Gasteiger partial charge in [-0.2, -0.15) is 0 Å².